The first-order valence-electron chi connectivity index (χ1n) is 9.70. The van der Waals surface area contributed by atoms with Gasteiger partial charge in [0.15, 0.2) is 11.8 Å². The highest BCUT2D eigenvalue weighted by atomic mass is 15.3. The summed E-state index contributed by atoms with van der Waals surface area (Å²) in [6.45, 7) is 4.30. The maximum atomic E-state index is 4.35. The summed E-state index contributed by atoms with van der Waals surface area (Å²) in [6.07, 6.45) is 2.72. The molecule has 0 saturated carbocycles. The van der Waals surface area contributed by atoms with Gasteiger partial charge in [-0.15, -0.1) is 10.2 Å². The van der Waals surface area contributed by atoms with Crippen molar-refractivity contribution in [1.29, 1.82) is 0 Å². The normalized spacial score (nSPS) is 12.6. The number of rotatable bonds is 8. The summed E-state index contributed by atoms with van der Waals surface area (Å²) in [5.74, 6) is 2.01. The molecule has 0 aliphatic carbocycles. The molecule has 6 heteroatoms. The Morgan fingerprint density at radius 3 is 2.43 bits per heavy atom. The van der Waals surface area contributed by atoms with Crippen LogP contribution >= 0.6 is 0 Å². The molecule has 28 heavy (non-hydrogen) atoms. The lowest BCUT2D eigenvalue weighted by Gasteiger charge is -2.20. The summed E-state index contributed by atoms with van der Waals surface area (Å²) in [5.41, 5.74) is 2.65. The van der Waals surface area contributed by atoms with Crippen LogP contribution in [0.4, 0.5) is 0 Å². The molecule has 2 N–H and O–H groups in total. The zero-order valence-electron chi connectivity index (χ0n) is 16.5. The van der Waals surface area contributed by atoms with Crippen LogP contribution in [-0.4, -0.2) is 34.3 Å². The van der Waals surface area contributed by atoms with Crippen LogP contribution < -0.4 is 10.6 Å². The third kappa shape index (κ3) is 5.42. The van der Waals surface area contributed by atoms with Gasteiger partial charge in [0.05, 0.1) is 6.54 Å². The number of nitrogens with one attached hydrogen (secondary N) is 2. The van der Waals surface area contributed by atoms with Crippen LogP contribution in [0.5, 0.6) is 0 Å². The van der Waals surface area contributed by atoms with E-state index in [0.29, 0.717) is 12.5 Å². The Labute approximate surface area is 166 Å². The van der Waals surface area contributed by atoms with Crippen LogP contribution in [0.2, 0.25) is 0 Å². The fourth-order valence-electron chi connectivity index (χ4n) is 3.21. The van der Waals surface area contributed by atoms with Crippen LogP contribution in [0.15, 0.2) is 72.0 Å². The van der Waals surface area contributed by atoms with Crippen molar-refractivity contribution in [2.45, 2.75) is 32.4 Å². The Kier molecular flexibility index (Phi) is 7.18. The summed E-state index contributed by atoms with van der Waals surface area (Å²) in [4.78, 5) is 4.35. The number of nitrogens with zero attached hydrogens (tertiary/aromatic N) is 4. The van der Waals surface area contributed by atoms with Crippen LogP contribution in [0.25, 0.3) is 0 Å². The van der Waals surface area contributed by atoms with Gasteiger partial charge in [-0.05, 0) is 24.5 Å². The zero-order valence-corrected chi connectivity index (χ0v) is 16.5. The lowest BCUT2D eigenvalue weighted by atomic mass is 9.92. The molecule has 0 aliphatic rings. The molecular formula is C22H28N6. The third-order valence-corrected chi connectivity index (χ3v) is 4.79. The lowest BCUT2D eigenvalue weighted by Crippen LogP contribution is -2.39. The molecule has 0 spiro atoms. The van der Waals surface area contributed by atoms with Crippen LogP contribution in [-0.2, 0) is 19.5 Å². The average molecular weight is 377 g/mol. The van der Waals surface area contributed by atoms with E-state index in [0.717, 1.165) is 31.3 Å². The molecule has 2 aromatic carbocycles. The minimum absolute atomic E-state index is 0.349. The standard InChI is InChI=1S/C22H28N6/c1-3-28-17-26-27-21(28)16-25-22(23-2)24-15-20(19-12-8-5-9-13-19)14-18-10-6-4-7-11-18/h4-13,17,20H,3,14-16H2,1-2H3,(H2,23,24,25). The highest BCUT2D eigenvalue weighted by Crippen LogP contribution is 2.20. The second kappa shape index (κ2) is 10.3. The number of aryl methyl sites for hydroxylation is 1. The van der Waals surface area contributed by atoms with Crippen molar-refractivity contribution in [3.63, 3.8) is 0 Å². The van der Waals surface area contributed by atoms with Crippen LogP contribution in [0, 0.1) is 0 Å². The number of guanidine groups is 1. The third-order valence-electron chi connectivity index (χ3n) is 4.79. The Hall–Kier alpha value is -3.15. The molecule has 0 aliphatic heterocycles. The number of aliphatic imine (C=N–C) groups is 1. The van der Waals surface area contributed by atoms with Crippen molar-refractivity contribution in [2.75, 3.05) is 13.6 Å². The molecular weight excluding hydrogens is 348 g/mol. The van der Waals surface area contributed by atoms with E-state index in [-0.39, 0.29) is 0 Å². The Morgan fingerprint density at radius 2 is 1.75 bits per heavy atom. The molecule has 1 heterocycles. The Bertz CT molecular complexity index is 857. The predicted molar refractivity (Wildman–Crippen MR) is 113 cm³/mol. The molecule has 3 rings (SSSR count). The zero-order chi connectivity index (χ0) is 19.6. The van der Waals surface area contributed by atoms with E-state index in [1.807, 2.05) is 4.57 Å². The second-order valence-electron chi connectivity index (χ2n) is 6.64. The van der Waals surface area contributed by atoms with Gasteiger partial charge in [0.2, 0.25) is 0 Å². The van der Waals surface area contributed by atoms with Crippen molar-refractivity contribution in [3.05, 3.63) is 83.9 Å². The van der Waals surface area contributed by atoms with Crippen molar-refractivity contribution in [2.24, 2.45) is 4.99 Å². The van der Waals surface area contributed by atoms with Crippen LogP contribution in [0.3, 0.4) is 0 Å². The molecule has 3 aromatic rings. The van der Waals surface area contributed by atoms with E-state index < -0.39 is 0 Å². The molecule has 0 radical (unpaired) electrons. The van der Waals surface area contributed by atoms with Crippen molar-refractivity contribution >= 4 is 5.96 Å². The van der Waals surface area contributed by atoms with Crippen molar-refractivity contribution < 1.29 is 0 Å². The second-order valence-corrected chi connectivity index (χ2v) is 6.64. The highest BCUT2D eigenvalue weighted by Gasteiger charge is 2.13. The first kappa shape index (κ1) is 19.6. The van der Waals surface area contributed by atoms with Crippen molar-refractivity contribution in [1.82, 2.24) is 25.4 Å². The minimum Gasteiger partial charge on any atom is -0.356 e. The number of hydrogen-bond donors (Lipinski definition) is 2. The van der Waals surface area contributed by atoms with Gasteiger partial charge in [0.25, 0.3) is 0 Å². The van der Waals surface area contributed by atoms with Gasteiger partial charge in [0.1, 0.15) is 6.33 Å². The molecule has 146 valence electrons. The molecule has 1 aromatic heterocycles. The van der Waals surface area contributed by atoms with Crippen LogP contribution in [0.1, 0.15) is 29.8 Å². The Morgan fingerprint density at radius 1 is 1.04 bits per heavy atom. The maximum absolute atomic E-state index is 4.35. The maximum Gasteiger partial charge on any atom is 0.191 e. The van der Waals surface area contributed by atoms with E-state index in [1.165, 1.54) is 11.1 Å². The lowest BCUT2D eigenvalue weighted by molar-refractivity contribution is 0.634. The van der Waals surface area contributed by atoms with Gasteiger partial charge in [0, 0.05) is 26.1 Å². The molecule has 0 fully saturated rings. The minimum atomic E-state index is 0.349. The number of aromatic nitrogens is 3. The van der Waals surface area contributed by atoms with E-state index in [1.54, 1.807) is 13.4 Å². The van der Waals surface area contributed by atoms with E-state index in [9.17, 15) is 0 Å². The fraction of sp³-hybridized carbons (Fsp3) is 0.318. The summed E-state index contributed by atoms with van der Waals surface area (Å²) < 4.78 is 2.02. The SMILES string of the molecule is CCn1cnnc1CNC(=NC)NCC(Cc1ccccc1)c1ccccc1. The molecule has 0 amide bonds. The Balaban J connectivity index is 1.63. The van der Waals surface area contributed by atoms with Gasteiger partial charge in [-0.2, -0.15) is 0 Å². The van der Waals surface area contributed by atoms with E-state index >= 15 is 0 Å². The van der Waals surface area contributed by atoms with Gasteiger partial charge in [-0.1, -0.05) is 60.7 Å². The largest absolute Gasteiger partial charge is 0.356 e. The number of benzene rings is 2. The van der Waals surface area contributed by atoms with Gasteiger partial charge < -0.3 is 15.2 Å². The van der Waals surface area contributed by atoms with Crippen molar-refractivity contribution in [3.8, 4) is 0 Å². The van der Waals surface area contributed by atoms with Gasteiger partial charge >= 0.3 is 0 Å². The van der Waals surface area contributed by atoms with E-state index in [2.05, 4.69) is 93.4 Å². The molecule has 0 bridgehead atoms. The first-order valence-corrected chi connectivity index (χ1v) is 9.70. The topological polar surface area (TPSA) is 67.1 Å². The molecule has 6 nitrogen and oxygen atoms in total. The number of hydrogen-bond acceptors (Lipinski definition) is 3. The summed E-state index contributed by atoms with van der Waals surface area (Å²) in [6, 6.07) is 21.2. The summed E-state index contributed by atoms with van der Waals surface area (Å²) in [7, 11) is 1.79. The summed E-state index contributed by atoms with van der Waals surface area (Å²) >= 11 is 0. The van der Waals surface area contributed by atoms with E-state index in [4.69, 9.17) is 0 Å². The first-order chi connectivity index (χ1) is 13.8. The smallest absolute Gasteiger partial charge is 0.191 e. The summed E-state index contributed by atoms with van der Waals surface area (Å²) in [5, 5.41) is 14.9. The van der Waals surface area contributed by atoms with Gasteiger partial charge in [-0.25, -0.2) is 0 Å². The monoisotopic (exact) mass is 376 g/mol. The fourth-order valence-corrected chi connectivity index (χ4v) is 3.21. The predicted octanol–water partition coefficient (Wildman–Crippen LogP) is 2.99. The molecule has 0 saturated heterocycles. The van der Waals surface area contributed by atoms with Gasteiger partial charge in [-0.3, -0.25) is 4.99 Å². The molecule has 1 unspecified atom stereocenters. The quantitative estimate of drug-likeness (QED) is 0.468. The average Bonchev–Trinajstić information content (AvgIpc) is 3.22. The highest BCUT2D eigenvalue weighted by molar-refractivity contribution is 5.79. The molecule has 1 atom stereocenters.